The molecular weight excluding hydrogens is 493 g/mol. The monoisotopic (exact) mass is 525 g/mol. The zero-order valence-corrected chi connectivity index (χ0v) is 19.8. The Labute approximate surface area is 196 Å². The zero-order valence-electron chi connectivity index (χ0n) is 17.5. The molecule has 0 amide bonds. The number of aromatic nitrogens is 1. The van der Waals surface area contributed by atoms with Gasteiger partial charge in [0.25, 0.3) is 0 Å². The number of halogens is 1. The summed E-state index contributed by atoms with van der Waals surface area (Å²) in [5.74, 6) is 1.88. The summed E-state index contributed by atoms with van der Waals surface area (Å²) in [7, 11) is 0. The van der Waals surface area contributed by atoms with Crippen LogP contribution in [0.1, 0.15) is 25.3 Å². The summed E-state index contributed by atoms with van der Waals surface area (Å²) in [6, 6.07) is 14.0. The van der Waals surface area contributed by atoms with Crippen molar-refractivity contribution in [2.24, 2.45) is 10.7 Å². The SMILES string of the molecule is CCN1CCCC1CNC(N)=NCc1ccc(OCCOc2ccccc2)nc1.I. The summed E-state index contributed by atoms with van der Waals surface area (Å²) in [4.78, 5) is 11.2. The molecule has 0 aliphatic carbocycles. The first-order valence-corrected chi connectivity index (χ1v) is 10.3. The summed E-state index contributed by atoms with van der Waals surface area (Å²) < 4.78 is 11.2. The molecule has 1 fully saturated rings. The topological polar surface area (TPSA) is 85.0 Å². The molecule has 1 unspecified atom stereocenters. The first kappa shape index (κ1) is 24.2. The highest BCUT2D eigenvalue weighted by atomic mass is 127. The highest BCUT2D eigenvalue weighted by molar-refractivity contribution is 14.0. The van der Waals surface area contributed by atoms with E-state index < -0.39 is 0 Å². The van der Waals surface area contributed by atoms with Crippen LogP contribution in [0.25, 0.3) is 0 Å². The van der Waals surface area contributed by atoms with Crippen LogP contribution in [-0.2, 0) is 6.54 Å². The van der Waals surface area contributed by atoms with Crippen LogP contribution < -0.4 is 20.5 Å². The van der Waals surface area contributed by atoms with Gasteiger partial charge in [-0.15, -0.1) is 24.0 Å². The number of hydrogen-bond donors (Lipinski definition) is 2. The fraction of sp³-hybridized carbons (Fsp3) is 0.455. The average molecular weight is 525 g/mol. The number of hydrogen-bond acceptors (Lipinski definition) is 5. The molecule has 1 saturated heterocycles. The number of likely N-dealkylation sites (tertiary alicyclic amines) is 1. The van der Waals surface area contributed by atoms with Gasteiger partial charge in [0.2, 0.25) is 5.88 Å². The van der Waals surface area contributed by atoms with Crippen molar-refractivity contribution < 1.29 is 9.47 Å². The molecule has 0 radical (unpaired) electrons. The molecule has 1 aliphatic heterocycles. The highest BCUT2D eigenvalue weighted by Crippen LogP contribution is 2.15. The molecule has 1 aromatic carbocycles. The number of guanidine groups is 1. The molecule has 164 valence electrons. The summed E-state index contributed by atoms with van der Waals surface area (Å²) >= 11 is 0. The van der Waals surface area contributed by atoms with Gasteiger partial charge in [0.15, 0.2) is 5.96 Å². The quantitative estimate of drug-likeness (QED) is 0.215. The van der Waals surface area contributed by atoms with E-state index in [2.05, 4.69) is 27.1 Å². The lowest BCUT2D eigenvalue weighted by molar-refractivity contribution is 0.212. The van der Waals surface area contributed by atoms with Gasteiger partial charge in [0.1, 0.15) is 19.0 Å². The normalized spacial score (nSPS) is 16.7. The Balaban J connectivity index is 0.00000320. The van der Waals surface area contributed by atoms with E-state index >= 15 is 0 Å². The van der Waals surface area contributed by atoms with Crippen LogP contribution in [0.2, 0.25) is 0 Å². The molecule has 0 bridgehead atoms. The Morgan fingerprint density at radius 1 is 1.20 bits per heavy atom. The van der Waals surface area contributed by atoms with E-state index in [1.165, 1.54) is 19.4 Å². The van der Waals surface area contributed by atoms with E-state index in [1.807, 2.05) is 42.5 Å². The van der Waals surface area contributed by atoms with Gasteiger partial charge in [0.05, 0.1) is 6.54 Å². The molecule has 7 nitrogen and oxygen atoms in total. The number of ether oxygens (including phenoxy) is 2. The average Bonchev–Trinajstić information content (AvgIpc) is 3.23. The number of nitrogens with zero attached hydrogens (tertiary/aromatic N) is 3. The summed E-state index contributed by atoms with van der Waals surface area (Å²) in [6.45, 7) is 6.71. The number of likely N-dealkylation sites (N-methyl/N-ethyl adjacent to an activating group) is 1. The van der Waals surface area contributed by atoms with Crippen LogP contribution >= 0.6 is 24.0 Å². The molecule has 2 heterocycles. The third-order valence-corrected chi connectivity index (χ3v) is 5.00. The lowest BCUT2D eigenvalue weighted by Gasteiger charge is -2.23. The van der Waals surface area contributed by atoms with Gasteiger partial charge in [-0.25, -0.2) is 9.98 Å². The van der Waals surface area contributed by atoms with Crippen LogP contribution in [0, 0.1) is 0 Å². The molecule has 1 atom stereocenters. The van der Waals surface area contributed by atoms with Crippen molar-refractivity contribution in [3.05, 3.63) is 54.2 Å². The standard InChI is InChI=1S/C22H31N5O2.HI/c1-2-27-12-6-7-19(27)17-26-22(23)25-16-18-10-11-21(24-15-18)29-14-13-28-20-8-4-3-5-9-20;/h3-5,8-11,15,19H,2,6-7,12-14,16-17H2,1H3,(H3,23,25,26);1H. The van der Waals surface area contributed by atoms with Crippen molar-refractivity contribution in [1.29, 1.82) is 0 Å². The molecule has 30 heavy (non-hydrogen) atoms. The number of rotatable bonds is 10. The minimum absolute atomic E-state index is 0. The highest BCUT2D eigenvalue weighted by Gasteiger charge is 2.22. The van der Waals surface area contributed by atoms with Crippen LogP contribution in [-0.4, -0.2) is 54.7 Å². The number of para-hydroxylation sites is 1. The molecule has 2 aromatic rings. The molecule has 0 spiro atoms. The maximum atomic E-state index is 6.01. The second-order valence-corrected chi connectivity index (χ2v) is 7.02. The Morgan fingerprint density at radius 3 is 2.73 bits per heavy atom. The molecule has 8 heteroatoms. The Morgan fingerprint density at radius 2 is 2.00 bits per heavy atom. The number of nitrogens with two attached hydrogens (primary N) is 1. The Kier molecular flexibility index (Phi) is 10.7. The minimum Gasteiger partial charge on any atom is -0.490 e. The molecule has 3 rings (SSSR count). The summed E-state index contributed by atoms with van der Waals surface area (Å²) in [6.07, 6.45) is 4.24. The number of benzene rings is 1. The van der Waals surface area contributed by atoms with E-state index in [0.717, 1.165) is 24.4 Å². The van der Waals surface area contributed by atoms with E-state index in [9.17, 15) is 0 Å². The smallest absolute Gasteiger partial charge is 0.213 e. The summed E-state index contributed by atoms with van der Waals surface area (Å²) in [5.41, 5.74) is 6.99. The van der Waals surface area contributed by atoms with Crippen LogP contribution in [0.3, 0.4) is 0 Å². The second-order valence-electron chi connectivity index (χ2n) is 7.02. The predicted molar refractivity (Wildman–Crippen MR) is 131 cm³/mol. The fourth-order valence-corrected chi connectivity index (χ4v) is 3.41. The maximum absolute atomic E-state index is 6.01. The first-order valence-electron chi connectivity index (χ1n) is 10.3. The van der Waals surface area contributed by atoms with Gasteiger partial charge >= 0.3 is 0 Å². The first-order chi connectivity index (χ1) is 14.2. The van der Waals surface area contributed by atoms with E-state index in [1.54, 1.807) is 6.20 Å². The third kappa shape index (κ3) is 7.98. The van der Waals surface area contributed by atoms with Gasteiger partial charge in [-0.1, -0.05) is 31.2 Å². The minimum atomic E-state index is 0. The number of aliphatic imine (C=N–C) groups is 1. The van der Waals surface area contributed by atoms with Gasteiger partial charge in [-0.2, -0.15) is 0 Å². The Hall–Kier alpha value is -2.07. The molecular formula is C22H32IN5O2. The maximum Gasteiger partial charge on any atom is 0.213 e. The van der Waals surface area contributed by atoms with Crippen molar-refractivity contribution in [3.8, 4) is 11.6 Å². The van der Waals surface area contributed by atoms with E-state index in [0.29, 0.717) is 37.6 Å². The van der Waals surface area contributed by atoms with Gasteiger partial charge in [0, 0.05) is 24.8 Å². The van der Waals surface area contributed by atoms with Crippen molar-refractivity contribution in [2.45, 2.75) is 32.4 Å². The van der Waals surface area contributed by atoms with Crippen molar-refractivity contribution in [3.63, 3.8) is 0 Å². The Bertz CT molecular complexity index is 758. The summed E-state index contributed by atoms with van der Waals surface area (Å²) in [5, 5.41) is 3.25. The van der Waals surface area contributed by atoms with Crippen LogP contribution in [0.4, 0.5) is 0 Å². The largest absolute Gasteiger partial charge is 0.490 e. The van der Waals surface area contributed by atoms with Crippen molar-refractivity contribution >= 4 is 29.9 Å². The molecule has 3 N–H and O–H groups in total. The van der Waals surface area contributed by atoms with E-state index in [-0.39, 0.29) is 24.0 Å². The van der Waals surface area contributed by atoms with Gasteiger partial charge < -0.3 is 20.5 Å². The number of nitrogens with one attached hydrogen (secondary N) is 1. The van der Waals surface area contributed by atoms with Crippen molar-refractivity contribution in [2.75, 3.05) is 32.8 Å². The molecule has 1 aliphatic rings. The third-order valence-electron chi connectivity index (χ3n) is 5.00. The lowest BCUT2D eigenvalue weighted by atomic mass is 10.2. The van der Waals surface area contributed by atoms with Crippen LogP contribution in [0.5, 0.6) is 11.6 Å². The van der Waals surface area contributed by atoms with Gasteiger partial charge in [-0.05, 0) is 43.6 Å². The number of pyridine rings is 1. The molecule has 1 aromatic heterocycles. The lowest BCUT2D eigenvalue weighted by Crippen LogP contribution is -2.42. The zero-order chi connectivity index (χ0) is 20.3. The van der Waals surface area contributed by atoms with E-state index in [4.69, 9.17) is 15.2 Å². The fourth-order valence-electron chi connectivity index (χ4n) is 3.41. The van der Waals surface area contributed by atoms with Gasteiger partial charge in [-0.3, -0.25) is 4.90 Å². The van der Waals surface area contributed by atoms with Crippen LogP contribution in [0.15, 0.2) is 53.7 Å². The second kappa shape index (κ2) is 13.3. The molecule has 0 saturated carbocycles. The van der Waals surface area contributed by atoms with Crippen molar-refractivity contribution in [1.82, 2.24) is 15.2 Å². The predicted octanol–water partition coefficient (Wildman–Crippen LogP) is 3.05.